The lowest BCUT2D eigenvalue weighted by Crippen LogP contribution is -2.26. The molecule has 16 heavy (non-hydrogen) atoms. The van der Waals surface area contributed by atoms with Crippen LogP contribution in [0.3, 0.4) is 0 Å². The predicted octanol–water partition coefficient (Wildman–Crippen LogP) is 1.39. The largest absolute Gasteiger partial charge is 0.378 e. The molecular weight excluding hydrogens is 208 g/mol. The third-order valence-electron chi connectivity index (χ3n) is 2.83. The van der Waals surface area contributed by atoms with Gasteiger partial charge in [0.25, 0.3) is 0 Å². The van der Waals surface area contributed by atoms with E-state index in [2.05, 4.69) is 10.3 Å². The number of hydrogen-bond acceptors (Lipinski definition) is 5. The van der Waals surface area contributed by atoms with Crippen LogP contribution in [-0.4, -0.2) is 16.5 Å². The molecule has 2 rings (SSSR count). The Morgan fingerprint density at radius 3 is 3.00 bits per heavy atom. The minimum absolute atomic E-state index is 0.0236. The van der Waals surface area contributed by atoms with Crippen LogP contribution in [0.2, 0.25) is 0 Å². The summed E-state index contributed by atoms with van der Waals surface area (Å²) in [4.78, 5) is 14.1. The Bertz CT molecular complexity index is 402. The van der Waals surface area contributed by atoms with Crippen molar-refractivity contribution in [1.82, 2.24) is 10.3 Å². The van der Waals surface area contributed by atoms with Crippen molar-refractivity contribution in [2.45, 2.75) is 25.3 Å². The molecule has 0 spiro atoms. The van der Waals surface area contributed by atoms with Gasteiger partial charge in [0.05, 0.1) is 4.92 Å². The quantitative estimate of drug-likeness (QED) is 0.582. The van der Waals surface area contributed by atoms with E-state index in [-0.39, 0.29) is 17.5 Å². The number of nitro groups is 1. The van der Waals surface area contributed by atoms with E-state index in [9.17, 15) is 10.1 Å². The van der Waals surface area contributed by atoms with Gasteiger partial charge in [-0.25, -0.2) is 4.98 Å². The topological polar surface area (TPSA) is 94.1 Å². The van der Waals surface area contributed by atoms with Gasteiger partial charge in [-0.1, -0.05) is 6.42 Å². The van der Waals surface area contributed by atoms with Crippen molar-refractivity contribution < 1.29 is 4.92 Å². The molecule has 1 unspecified atom stereocenters. The van der Waals surface area contributed by atoms with Gasteiger partial charge >= 0.3 is 5.69 Å². The summed E-state index contributed by atoms with van der Waals surface area (Å²) in [5.41, 5.74) is 6.19. The lowest BCUT2D eigenvalue weighted by atomic mass is 9.99. The molecular formula is C10H14N4O2. The first kappa shape index (κ1) is 10.8. The summed E-state index contributed by atoms with van der Waals surface area (Å²) in [7, 11) is 0. The van der Waals surface area contributed by atoms with Crippen molar-refractivity contribution in [1.29, 1.82) is 0 Å². The molecule has 0 saturated carbocycles. The summed E-state index contributed by atoms with van der Waals surface area (Å²) in [5.74, 6) is -0.0236. The molecule has 0 amide bonds. The van der Waals surface area contributed by atoms with Crippen LogP contribution in [0.15, 0.2) is 12.3 Å². The first-order chi connectivity index (χ1) is 7.68. The van der Waals surface area contributed by atoms with Gasteiger partial charge in [-0.15, -0.1) is 0 Å². The summed E-state index contributed by atoms with van der Waals surface area (Å²) in [5, 5.41) is 14.0. The molecule has 1 aromatic heterocycles. The molecule has 0 aliphatic carbocycles. The van der Waals surface area contributed by atoms with Gasteiger partial charge in [0, 0.05) is 18.3 Å². The molecule has 0 radical (unpaired) electrons. The highest BCUT2D eigenvalue weighted by Crippen LogP contribution is 2.27. The summed E-state index contributed by atoms with van der Waals surface area (Å²) in [6.07, 6.45) is 4.89. The fourth-order valence-electron chi connectivity index (χ4n) is 1.95. The van der Waals surface area contributed by atoms with Crippen LogP contribution in [0, 0.1) is 10.1 Å². The van der Waals surface area contributed by atoms with Gasteiger partial charge in [0.1, 0.15) is 0 Å². The molecule has 0 bridgehead atoms. The van der Waals surface area contributed by atoms with Crippen molar-refractivity contribution in [2.75, 3.05) is 12.3 Å². The standard InChI is InChI=1S/C10H14N4O2/c11-10-9(14(15)16)5-7(6-13-10)8-3-1-2-4-12-8/h5-6,8,12H,1-4H2,(H2,11,13). The molecule has 1 aliphatic rings. The van der Waals surface area contributed by atoms with Crippen LogP contribution in [0.5, 0.6) is 0 Å². The van der Waals surface area contributed by atoms with Crippen molar-refractivity contribution >= 4 is 11.5 Å². The van der Waals surface area contributed by atoms with Gasteiger partial charge < -0.3 is 11.1 Å². The summed E-state index contributed by atoms with van der Waals surface area (Å²) in [6.45, 7) is 0.947. The molecule has 1 atom stereocenters. The number of anilines is 1. The number of nitrogen functional groups attached to an aromatic ring is 1. The monoisotopic (exact) mass is 222 g/mol. The number of rotatable bonds is 2. The highest BCUT2D eigenvalue weighted by atomic mass is 16.6. The molecule has 86 valence electrons. The van der Waals surface area contributed by atoms with Gasteiger partial charge in [0.2, 0.25) is 5.82 Å². The van der Waals surface area contributed by atoms with E-state index in [0.29, 0.717) is 0 Å². The summed E-state index contributed by atoms with van der Waals surface area (Å²) in [6, 6.07) is 1.69. The zero-order valence-corrected chi connectivity index (χ0v) is 8.85. The van der Waals surface area contributed by atoms with Crippen LogP contribution < -0.4 is 11.1 Å². The second-order valence-electron chi connectivity index (χ2n) is 3.93. The molecule has 6 nitrogen and oxygen atoms in total. The Balaban J connectivity index is 2.27. The Labute approximate surface area is 93.0 Å². The van der Waals surface area contributed by atoms with E-state index in [1.54, 1.807) is 6.20 Å². The Hall–Kier alpha value is -1.69. The normalized spacial score (nSPS) is 20.6. The zero-order chi connectivity index (χ0) is 11.5. The third-order valence-corrected chi connectivity index (χ3v) is 2.83. The average Bonchev–Trinajstić information content (AvgIpc) is 2.30. The Morgan fingerprint density at radius 1 is 1.56 bits per heavy atom. The number of pyridine rings is 1. The maximum absolute atomic E-state index is 10.7. The fraction of sp³-hybridized carbons (Fsp3) is 0.500. The molecule has 6 heteroatoms. The predicted molar refractivity (Wildman–Crippen MR) is 59.9 cm³/mol. The molecule has 2 heterocycles. The lowest BCUT2D eigenvalue weighted by molar-refractivity contribution is -0.384. The second kappa shape index (κ2) is 4.44. The molecule has 1 aromatic rings. The number of piperidine rings is 1. The van der Waals surface area contributed by atoms with Crippen molar-refractivity contribution in [3.63, 3.8) is 0 Å². The highest BCUT2D eigenvalue weighted by molar-refractivity contribution is 5.53. The number of nitrogens with zero attached hydrogens (tertiary/aromatic N) is 2. The van der Waals surface area contributed by atoms with Gasteiger partial charge in [-0.3, -0.25) is 10.1 Å². The molecule has 0 aromatic carbocycles. The summed E-state index contributed by atoms with van der Waals surface area (Å²) >= 11 is 0. The minimum Gasteiger partial charge on any atom is -0.378 e. The zero-order valence-electron chi connectivity index (χ0n) is 8.85. The first-order valence-corrected chi connectivity index (χ1v) is 5.31. The SMILES string of the molecule is Nc1ncc(C2CCCCN2)cc1[N+](=O)[O-]. The van der Waals surface area contributed by atoms with Crippen LogP contribution in [-0.2, 0) is 0 Å². The van der Waals surface area contributed by atoms with Crippen LogP contribution >= 0.6 is 0 Å². The smallest absolute Gasteiger partial charge is 0.311 e. The maximum atomic E-state index is 10.7. The van der Waals surface area contributed by atoms with Crippen molar-refractivity contribution in [3.8, 4) is 0 Å². The number of aromatic nitrogens is 1. The van der Waals surface area contributed by atoms with E-state index in [1.807, 2.05) is 0 Å². The second-order valence-corrected chi connectivity index (χ2v) is 3.93. The molecule has 1 fully saturated rings. The lowest BCUT2D eigenvalue weighted by Gasteiger charge is -2.23. The number of nitrogens with two attached hydrogens (primary N) is 1. The Morgan fingerprint density at radius 2 is 2.38 bits per heavy atom. The Kier molecular flexibility index (Phi) is 3.00. The van der Waals surface area contributed by atoms with E-state index in [1.165, 1.54) is 6.07 Å². The van der Waals surface area contributed by atoms with Crippen LogP contribution in [0.25, 0.3) is 0 Å². The van der Waals surface area contributed by atoms with E-state index >= 15 is 0 Å². The van der Waals surface area contributed by atoms with E-state index in [0.717, 1.165) is 31.4 Å². The highest BCUT2D eigenvalue weighted by Gasteiger charge is 2.20. The number of nitrogens with one attached hydrogen (secondary N) is 1. The van der Waals surface area contributed by atoms with E-state index < -0.39 is 4.92 Å². The molecule has 1 aliphatic heterocycles. The molecule has 1 saturated heterocycles. The van der Waals surface area contributed by atoms with E-state index in [4.69, 9.17) is 5.73 Å². The third kappa shape index (κ3) is 2.11. The molecule has 3 N–H and O–H groups in total. The fourth-order valence-corrected chi connectivity index (χ4v) is 1.95. The van der Waals surface area contributed by atoms with Crippen LogP contribution in [0.1, 0.15) is 30.9 Å². The van der Waals surface area contributed by atoms with Crippen molar-refractivity contribution in [3.05, 3.63) is 27.9 Å². The average molecular weight is 222 g/mol. The maximum Gasteiger partial charge on any atom is 0.311 e. The minimum atomic E-state index is -0.491. The van der Waals surface area contributed by atoms with Gasteiger partial charge in [0.15, 0.2) is 0 Å². The summed E-state index contributed by atoms with van der Waals surface area (Å²) < 4.78 is 0. The van der Waals surface area contributed by atoms with Gasteiger partial charge in [-0.05, 0) is 24.9 Å². The van der Waals surface area contributed by atoms with Crippen LogP contribution in [0.4, 0.5) is 11.5 Å². The van der Waals surface area contributed by atoms with Gasteiger partial charge in [-0.2, -0.15) is 0 Å². The first-order valence-electron chi connectivity index (χ1n) is 5.31. The number of hydrogen-bond donors (Lipinski definition) is 2. The van der Waals surface area contributed by atoms with Crippen molar-refractivity contribution in [2.24, 2.45) is 0 Å².